The average Bonchev–Trinajstić information content (AvgIpc) is 3.11. The van der Waals surface area contributed by atoms with Crippen molar-refractivity contribution >= 4 is 5.91 Å². The lowest BCUT2D eigenvalue weighted by Gasteiger charge is -2.34. The molecule has 0 spiro atoms. The fourth-order valence-corrected chi connectivity index (χ4v) is 3.57. The molecule has 1 aromatic carbocycles. The summed E-state index contributed by atoms with van der Waals surface area (Å²) in [4.78, 5) is 18.7. The summed E-state index contributed by atoms with van der Waals surface area (Å²) in [5.74, 6) is 1.85. The number of hydrogen-bond acceptors (Lipinski definition) is 4. The second-order valence-electron chi connectivity index (χ2n) is 6.91. The van der Waals surface area contributed by atoms with E-state index >= 15 is 0 Å². The highest BCUT2D eigenvalue weighted by molar-refractivity contribution is 5.76. The minimum Gasteiger partial charge on any atom is -0.497 e. The molecule has 140 valence electrons. The molecule has 1 aliphatic heterocycles. The second-order valence-corrected chi connectivity index (χ2v) is 6.91. The standard InChI is InChI=1S/C20H27N3O3/c1-22-13-10-21-20(22)19(25)16-8-11-23(12-9-16)18(24)7-6-15-4-3-5-17(14-15)26-2/h3-5,10,13-14,16,19,25H,6-9,11-12H2,1-2H3/t19-/m0/s1. The normalized spacial score (nSPS) is 16.5. The Morgan fingerprint density at radius 3 is 2.81 bits per heavy atom. The number of aliphatic hydroxyl groups excluding tert-OH is 1. The third-order valence-corrected chi connectivity index (χ3v) is 5.22. The number of nitrogens with zero attached hydrogens (tertiary/aromatic N) is 3. The predicted octanol–water partition coefficient (Wildman–Crippen LogP) is 2.33. The van der Waals surface area contributed by atoms with Crippen molar-refractivity contribution in [3.8, 4) is 5.75 Å². The lowest BCUT2D eigenvalue weighted by Crippen LogP contribution is -2.40. The zero-order valence-corrected chi connectivity index (χ0v) is 15.5. The largest absolute Gasteiger partial charge is 0.497 e. The van der Waals surface area contributed by atoms with E-state index in [1.807, 2.05) is 47.0 Å². The number of imidazole rings is 1. The lowest BCUT2D eigenvalue weighted by atomic mass is 9.90. The van der Waals surface area contributed by atoms with Gasteiger partial charge in [0.15, 0.2) is 0 Å². The third-order valence-electron chi connectivity index (χ3n) is 5.22. The molecule has 1 atom stereocenters. The minimum absolute atomic E-state index is 0.151. The van der Waals surface area contributed by atoms with Crippen molar-refractivity contribution in [2.45, 2.75) is 31.8 Å². The predicted molar refractivity (Wildman–Crippen MR) is 98.8 cm³/mol. The molecule has 2 aromatic rings. The van der Waals surface area contributed by atoms with Gasteiger partial charge in [-0.05, 0) is 42.9 Å². The molecule has 1 aliphatic rings. The summed E-state index contributed by atoms with van der Waals surface area (Å²) in [6, 6.07) is 7.85. The molecule has 0 radical (unpaired) electrons. The highest BCUT2D eigenvalue weighted by atomic mass is 16.5. The molecule has 0 saturated carbocycles. The van der Waals surface area contributed by atoms with Gasteiger partial charge < -0.3 is 19.3 Å². The SMILES string of the molecule is COc1cccc(CCC(=O)N2CCC([C@H](O)c3nccn3C)CC2)c1. The Morgan fingerprint density at radius 2 is 2.15 bits per heavy atom. The van der Waals surface area contributed by atoms with Gasteiger partial charge in [0.25, 0.3) is 0 Å². The quantitative estimate of drug-likeness (QED) is 0.862. The van der Waals surface area contributed by atoms with Crippen molar-refractivity contribution in [1.29, 1.82) is 0 Å². The Bertz CT molecular complexity index is 735. The van der Waals surface area contributed by atoms with Crippen LogP contribution in [0.15, 0.2) is 36.7 Å². The molecule has 1 amide bonds. The molecule has 0 bridgehead atoms. The van der Waals surface area contributed by atoms with Crippen LogP contribution in [0.5, 0.6) is 5.75 Å². The van der Waals surface area contributed by atoms with Crippen molar-refractivity contribution in [2.75, 3.05) is 20.2 Å². The number of amides is 1. The molecule has 6 heteroatoms. The molecule has 26 heavy (non-hydrogen) atoms. The smallest absolute Gasteiger partial charge is 0.222 e. The lowest BCUT2D eigenvalue weighted by molar-refractivity contribution is -0.133. The van der Waals surface area contributed by atoms with Gasteiger partial charge in [-0.15, -0.1) is 0 Å². The first-order valence-electron chi connectivity index (χ1n) is 9.14. The fraction of sp³-hybridized carbons (Fsp3) is 0.500. The number of benzene rings is 1. The maximum Gasteiger partial charge on any atom is 0.222 e. The van der Waals surface area contributed by atoms with E-state index in [0.29, 0.717) is 31.8 Å². The zero-order chi connectivity index (χ0) is 18.5. The van der Waals surface area contributed by atoms with Crippen LogP contribution in [0.25, 0.3) is 0 Å². The van der Waals surface area contributed by atoms with Crippen LogP contribution in [0, 0.1) is 5.92 Å². The van der Waals surface area contributed by atoms with E-state index in [2.05, 4.69) is 4.98 Å². The topological polar surface area (TPSA) is 67.6 Å². The van der Waals surface area contributed by atoms with Crippen LogP contribution in [0.2, 0.25) is 0 Å². The number of aliphatic hydroxyl groups is 1. The van der Waals surface area contributed by atoms with Crippen LogP contribution in [-0.2, 0) is 18.3 Å². The number of aromatic nitrogens is 2. The first kappa shape index (κ1) is 18.5. The number of rotatable bonds is 6. The summed E-state index contributed by atoms with van der Waals surface area (Å²) < 4.78 is 7.08. The van der Waals surface area contributed by atoms with Gasteiger partial charge in [0.2, 0.25) is 5.91 Å². The van der Waals surface area contributed by atoms with Crippen LogP contribution >= 0.6 is 0 Å². The van der Waals surface area contributed by atoms with Gasteiger partial charge in [-0.25, -0.2) is 4.98 Å². The van der Waals surface area contributed by atoms with Crippen LogP contribution in [0.1, 0.15) is 36.8 Å². The Hall–Kier alpha value is -2.34. The molecule has 2 heterocycles. The number of aryl methyl sites for hydroxylation is 2. The first-order valence-corrected chi connectivity index (χ1v) is 9.14. The van der Waals surface area contributed by atoms with Crippen molar-refractivity contribution in [3.05, 3.63) is 48.0 Å². The summed E-state index contributed by atoms with van der Waals surface area (Å²) in [6.45, 7) is 1.40. The average molecular weight is 357 g/mol. The molecule has 1 fully saturated rings. The zero-order valence-electron chi connectivity index (χ0n) is 15.5. The summed E-state index contributed by atoms with van der Waals surface area (Å²) in [6.07, 6.45) is 5.80. The first-order chi connectivity index (χ1) is 12.6. The minimum atomic E-state index is -0.566. The molecular formula is C20H27N3O3. The summed E-state index contributed by atoms with van der Waals surface area (Å²) in [5.41, 5.74) is 1.11. The van der Waals surface area contributed by atoms with Crippen LogP contribution < -0.4 is 4.74 Å². The van der Waals surface area contributed by atoms with E-state index in [1.165, 1.54) is 0 Å². The Balaban J connectivity index is 1.48. The van der Waals surface area contributed by atoms with Crippen LogP contribution in [0.3, 0.4) is 0 Å². The highest BCUT2D eigenvalue weighted by Crippen LogP contribution is 2.30. The molecule has 1 N–H and O–H groups in total. The monoisotopic (exact) mass is 357 g/mol. The van der Waals surface area contributed by atoms with Gasteiger partial charge in [-0.3, -0.25) is 4.79 Å². The molecule has 0 unspecified atom stereocenters. The molecule has 1 aromatic heterocycles. The molecule has 3 rings (SSSR count). The van der Waals surface area contributed by atoms with Gasteiger partial charge in [-0.1, -0.05) is 12.1 Å². The second kappa shape index (κ2) is 8.36. The number of ether oxygens (including phenoxy) is 1. The van der Waals surface area contributed by atoms with E-state index in [4.69, 9.17) is 4.74 Å². The van der Waals surface area contributed by atoms with Crippen molar-refractivity contribution in [1.82, 2.24) is 14.5 Å². The van der Waals surface area contributed by atoms with E-state index < -0.39 is 6.10 Å². The van der Waals surface area contributed by atoms with E-state index in [0.717, 1.165) is 24.2 Å². The van der Waals surface area contributed by atoms with Gasteiger partial charge in [0, 0.05) is 39.0 Å². The maximum absolute atomic E-state index is 12.5. The fourth-order valence-electron chi connectivity index (χ4n) is 3.57. The Morgan fingerprint density at radius 1 is 1.38 bits per heavy atom. The molecule has 1 saturated heterocycles. The number of piperidine rings is 1. The van der Waals surface area contributed by atoms with Gasteiger partial charge >= 0.3 is 0 Å². The van der Waals surface area contributed by atoms with Crippen molar-refractivity contribution in [2.24, 2.45) is 13.0 Å². The van der Waals surface area contributed by atoms with Gasteiger partial charge in [-0.2, -0.15) is 0 Å². The summed E-state index contributed by atoms with van der Waals surface area (Å²) in [7, 11) is 3.54. The molecular weight excluding hydrogens is 330 g/mol. The van der Waals surface area contributed by atoms with Gasteiger partial charge in [0.05, 0.1) is 7.11 Å². The van der Waals surface area contributed by atoms with Crippen molar-refractivity contribution < 1.29 is 14.6 Å². The Labute approximate surface area is 154 Å². The van der Waals surface area contributed by atoms with Crippen molar-refractivity contribution in [3.63, 3.8) is 0 Å². The number of carbonyl (C=O) groups excluding carboxylic acids is 1. The van der Waals surface area contributed by atoms with E-state index in [1.54, 1.807) is 13.3 Å². The van der Waals surface area contributed by atoms with Crippen LogP contribution in [-0.4, -0.2) is 45.7 Å². The summed E-state index contributed by atoms with van der Waals surface area (Å²) >= 11 is 0. The summed E-state index contributed by atoms with van der Waals surface area (Å²) in [5, 5.41) is 10.5. The van der Waals surface area contributed by atoms with E-state index in [9.17, 15) is 9.90 Å². The van der Waals surface area contributed by atoms with E-state index in [-0.39, 0.29) is 11.8 Å². The van der Waals surface area contributed by atoms with Crippen LogP contribution in [0.4, 0.5) is 0 Å². The van der Waals surface area contributed by atoms with Gasteiger partial charge in [0.1, 0.15) is 17.7 Å². The number of hydrogen-bond donors (Lipinski definition) is 1. The molecule has 0 aliphatic carbocycles. The molecule has 6 nitrogen and oxygen atoms in total. The number of likely N-dealkylation sites (tertiary alicyclic amines) is 1. The number of methoxy groups -OCH3 is 1. The maximum atomic E-state index is 12.5. The number of carbonyl (C=O) groups is 1. The Kier molecular flexibility index (Phi) is 5.93. The highest BCUT2D eigenvalue weighted by Gasteiger charge is 2.29. The third kappa shape index (κ3) is 4.25.